The molecule has 1 unspecified atom stereocenters. The van der Waals surface area contributed by atoms with E-state index in [0.717, 1.165) is 48.3 Å². The topological polar surface area (TPSA) is 67.8 Å². The summed E-state index contributed by atoms with van der Waals surface area (Å²) in [4.78, 5) is 2.62. The van der Waals surface area contributed by atoms with Gasteiger partial charge in [0.05, 0.1) is 23.5 Å². The van der Waals surface area contributed by atoms with Crippen molar-refractivity contribution in [3.8, 4) is 0 Å². The average molecular weight is 346 g/mol. The number of hydrogen-bond donors (Lipinski definition) is 1. The first-order valence-electron chi connectivity index (χ1n) is 8.10. The molecular weight excluding hydrogens is 324 g/mol. The van der Waals surface area contributed by atoms with E-state index >= 15 is 0 Å². The lowest BCUT2D eigenvalue weighted by atomic mass is 9.78. The molecule has 0 bridgehead atoms. The number of allylic oxidation sites excluding steroid dienone is 4. The van der Waals surface area contributed by atoms with Crippen molar-refractivity contribution in [3.05, 3.63) is 53.3 Å². The SMILES string of the molecule is COC1=CC=C2/C(=N\NS(=O)(=O)c3ccc(C)cc3)CCCC2C1. The summed E-state index contributed by atoms with van der Waals surface area (Å²) in [7, 11) is -1.96. The van der Waals surface area contributed by atoms with Gasteiger partial charge in [0, 0.05) is 6.42 Å². The fourth-order valence-corrected chi connectivity index (χ4v) is 3.98. The Kier molecular flexibility index (Phi) is 4.76. The van der Waals surface area contributed by atoms with Crippen molar-refractivity contribution in [1.82, 2.24) is 4.83 Å². The molecule has 0 saturated heterocycles. The minimum Gasteiger partial charge on any atom is -0.501 e. The Bertz CT molecular complexity index is 805. The van der Waals surface area contributed by atoms with Crippen molar-refractivity contribution in [2.24, 2.45) is 11.0 Å². The van der Waals surface area contributed by atoms with Gasteiger partial charge < -0.3 is 4.74 Å². The van der Waals surface area contributed by atoms with Gasteiger partial charge in [-0.15, -0.1) is 0 Å². The predicted octanol–water partition coefficient (Wildman–Crippen LogP) is 3.29. The van der Waals surface area contributed by atoms with Crippen LogP contribution in [0.4, 0.5) is 0 Å². The fraction of sp³-hybridized carbons (Fsp3) is 0.389. The summed E-state index contributed by atoms with van der Waals surface area (Å²) >= 11 is 0. The van der Waals surface area contributed by atoms with E-state index in [-0.39, 0.29) is 4.90 Å². The van der Waals surface area contributed by atoms with Crippen LogP contribution in [0.1, 0.15) is 31.2 Å². The smallest absolute Gasteiger partial charge is 0.276 e. The van der Waals surface area contributed by atoms with Crippen LogP contribution in [-0.4, -0.2) is 21.2 Å². The van der Waals surface area contributed by atoms with Gasteiger partial charge in [0.2, 0.25) is 0 Å². The van der Waals surface area contributed by atoms with Crippen molar-refractivity contribution < 1.29 is 13.2 Å². The Hall–Kier alpha value is -2.08. The number of hydrogen-bond acceptors (Lipinski definition) is 4. The van der Waals surface area contributed by atoms with Gasteiger partial charge in [-0.1, -0.05) is 23.8 Å². The first kappa shape index (κ1) is 16.8. The quantitative estimate of drug-likeness (QED) is 0.851. The van der Waals surface area contributed by atoms with E-state index in [1.165, 1.54) is 0 Å². The van der Waals surface area contributed by atoms with Gasteiger partial charge in [-0.2, -0.15) is 18.4 Å². The van der Waals surface area contributed by atoms with E-state index in [2.05, 4.69) is 9.93 Å². The van der Waals surface area contributed by atoms with Crippen LogP contribution >= 0.6 is 0 Å². The van der Waals surface area contributed by atoms with Gasteiger partial charge in [-0.25, -0.2) is 0 Å². The highest BCUT2D eigenvalue weighted by Gasteiger charge is 2.27. The van der Waals surface area contributed by atoms with Crippen molar-refractivity contribution >= 4 is 15.7 Å². The highest BCUT2D eigenvalue weighted by atomic mass is 32.2. The van der Waals surface area contributed by atoms with Gasteiger partial charge in [0.25, 0.3) is 10.0 Å². The van der Waals surface area contributed by atoms with Gasteiger partial charge in [-0.05, 0) is 55.9 Å². The second-order valence-electron chi connectivity index (χ2n) is 6.22. The Labute approximate surface area is 143 Å². The average Bonchev–Trinajstić information content (AvgIpc) is 2.59. The molecule has 128 valence electrons. The molecule has 0 spiro atoms. The van der Waals surface area contributed by atoms with Crippen molar-refractivity contribution in [2.75, 3.05) is 7.11 Å². The Morgan fingerprint density at radius 2 is 1.96 bits per heavy atom. The minimum atomic E-state index is -3.63. The van der Waals surface area contributed by atoms with Gasteiger partial charge in [-0.3, -0.25) is 0 Å². The lowest BCUT2D eigenvalue weighted by Crippen LogP contribution is -2.26. The number of hydrazone groups is 1. The molecule has 2 aliphatic rings. The molecule has 0 radical (unpaired) electrons. The van der Waals surface area contributed by atoms with E-state index < -0.39 is 10.0 Å². The van der Waals surface area contributed by atoms with Crippen LogP contribution in [0.25, 0.3) is 0 Å². The van der Waals surface area contributed by atoms with Crippen LogP contribution in [0.5, 0.6) is 0 Å². The van der Waals surface area contributed by atoms with E-state index in [0.29, 0.717) is 5.92 Å². The maximum Gasteiger partial charge on any atom is 0.276 e. The summed E-state index contributed by atoms with van der Waals surface area (Å²) < 4.78 is 30.1. The molecule has 1 aromatic carbocycles. The molecule has 2 aliphatic carbocycles. The Morgan fingerprint density at radius 1 is 1.21 bits per heavy atom. The summed E-state index contributed by atoms with van der Waals surface area (Å²) in [5.74, 6) is 1.33. The molecule has 1 saturated carbocycles. The lowest BCUT2D eigenvalue weighted by molar-refractivity contribution is 0.259. The normalized spacial score (nSPS) is 22.4. The molecule has 0 amide bonds. The molecule has 6 heteroatoms. The molecule has 0 heterocycles. The number of benzene rings is 1. The summed E-state index contributed by atoms with van der Waals surface area (Å²) in [5.41, 5.74) is 2.96. The summed E-state index contributed by atoms with van der Waals surface area (Å²) in [6.07, 6.45) is 7.67. The predicted molar refractivity (Wildman–Crippen MR) is 94.1 cm³/mol. The highest BCUT2D eigenvalue weighted by molar-refractivity contribution is 7.89. The van der Waals surface area contributed by atoms with Gasteiger partial charge in [0.15, 0.2) is 0 Å². The third-order valence-electron chi connectivity index (χ3n) is 4.53. The number of aryl methyl sites for hydroxylation is 1. The van der Waals surface area contributed by atoms with Crippen LogP contribution in [-0.2, 0) is 14.8 Å². The largest absolute Gasteiger partial charge is 0.501 e. The third kappa shape index (κ3) is 3.53. The van der Waals surface area contributed by atoms with E-state index in [4.69, 9.17) is 4.74 Å². The molecule has 1 atom stereocenters. The summed E-state index contributed by atoms with van der Waals surface area (Å²) in [6, 6.07) is 6.74. The number of rotatable bonds is 4. The van der Waals surface area contributed by atoms with Gasteiger partial charge in [0.1, 0.15) is 0 Å². The Morgan fingerprint density at radius 3 is 2.67 bits per heavy atom. The van der Waals surface area contributed by atoms with Crippen molar-refractivity contribution in [2.45, 2.75) is 37.5 Å². The molecular formula is C18H22N2O3S. The minimum absolute atomic E-state index is 0.226. The highest BCUT2D eigenvalue weighted by Crippen LogP contribution is 2.35. The second-order valence-corrected chi connectivity index (χ2v) is 7.88. The summed E-state index contributed by atoms with van der Waals surface area (Å²) in [5, 5.41) is 4.23. The fourth-order valence-electron chi connectivity index (χ4n) is 3.15. The first-order valence-corrected chi connectivity index (χ1v) is 9.58. The molecule has 5 nitrogen and oxygen atoms in total. The van der Waals surface area contributed by atoms with E-state index in [1.807, 2.05) is 19.1 Å². The number of methoxy groups -OCH3 is 1. The maximum absolute atomic E-state index is 12.4. The molecule has 24 heavy (non-hydrogen) atoms. The number of fused-ring (bicyclic) bond motifs is 1. The molecule has 1 aromatic rings. The first-order chi connectivity index (χ1) is 11.5. The molecule has 1 N–H and O–H groups in total. The van der Waals surface area contributed by atoms with Gasteiger partial charge >= 0.3 is 0 Å². The zero-order valence-electron chi connectivity index (χ0n) is 14.0. The zero-order chi connectivity index (χ0) is 17.2. The van der Waals surface area contributed by atoms with Crippen LogP contribution in [0, 0.1) is 12.8 Å². The maximum atomic E-state index is 12.4. The number of nitrogens with one attached hydrogen (secondary N) is 1. The number of nitrogens with zero attached hydrogens (tertiary/aromatic N) is 1. The molecule has 3 rings (SSSR count). The van der Waals surface area contributed by atoms with E-state index in [9.17, 15) is 8.42 Å². The van der Waals surface area contributed by atoms with Crippen molar-refractivity contribution in [3.63, 3.8) is 0 Å². The molecule has 0 aromatic heterocycles. The number of sulfonamides is 1. The van der Waals surface area contributed by atoms with Crippen LogP contribution in [0.3, 0.4) is 0 Å². The monoisotopic (exact) mass is 346 g/mol. The number of ether oxygens (including phenoxy) is 1. The zero-order valence-corrected chi connectivity index (χ0v) is 14.8. The Balaban J connectivity index is 1.82. The summed E-state index contributed by atoms with van der Waals surface area (Å²) in [6.45, 7) is 1.92. The third-order valence-corrected chi connectivity index (χ3v) is 5.75. The second kappa shape index (κ2) is 6.81. The van der Waals surface area contributed by atoms with E-state index in [1.54, 1.807) is 31.4 Å². The van der Waals surface area contributed by atoms with Crippen molar-refractivity contribution in [1.29, 1.82) is 0 Å². The molecule has 0 aliphatic heterocycles. The van der Waals surface area contributed by atoms with Crippen LogP contribution < -0.4 is 4.83 Å². The van der Waals surface area contributed by atoms with Crippen LogP contribution in [0.15, 0.2) is 57.7 Å². The standard InChI is InChI=1S/C18H22N2O3S/c1-13-6-9-16(10-7-13)24(21,22)20-19-18-5-3-4-14-12-15(23-2)8-11-17(14)18/h6-11,14,20H,3-5,12H2,1-2H3/b19-18-. The lowest BCUT2D eigenvalue weighted by Gasteiger charge is -2.29. The molecule has 1 fully saturated rings. The van der Waals surface area contributed by atoms with Crippen LogP contribution in [0.2, 0.25) is 0 Å².